The topological polar surface area (TPSA) is 29.3 Å². The summed E-state index contributed by atoms with van der Waals surface area (Å²) in [4.78, 5) is 0. The smallest absolute Gasteiger partial charge is 0.0802 e. The highest BCUT2D eigenvalue weighted by molar-refractivity contribution is 6.28. The van der Waals surface area contributed by atoms with Crippen LogP contribution in [0.1, 0.15) is 27.7 Å². The van der Waals surface area contributed by atoms with Crippen LogP contribution in [0, 0.1) is 11.3 Å². The van der Waals surface area contributed by atoms with Crippen molar-refractivity contribution in [1.82, 2.24) is 4.57 Å². The van der Waals surface area contributed by atoms with Crippen LogP contribution in [-0.4, -0.2) is 47.3 Å². The highest BCUT2D eigenvalue weighted by atomic mass is 28.2. The first-order valence-electron chi connectivity index (χ1n) is 5.55. The van der Waals surface area contributed by atoms with E-state index in [1.807, 2.05) is 0 Å². The van der Waals surface area contributed by atoms with E-state index in [2.05, 4.69) is 32.3 Å². The van der Waals surface area contributed by atoms with Gasteiger partial charge in [-0.25, -0.2) is 0 Å². The van der Waals surface area contributed by atoms with Crippen LogP contribution < -0.4 is 5.73 Å². The van der Waals surface area contributed by atoms with E-state index in [0.29, 0.717) is 10.5 Å². The lowest BCUT2D eigenvalue weighted by Crippen LogP contribution is -2.71. The lowest BCUT2D eigenvalue weighted by atomic mass is 9.66. The maximum Gasteiger partial charge on any atom is 0.0802 e. The summed E-state index contributed by atoms with van der Waals surface area (Å²) in [5.74, 6) is 0.771. The van der Waals surface area contributed by atoms with Crippen LogP contribution in [0.2, 0.25) is 5.04 Å². The summed E-state index contributed by atoms with van der Waals surface area (Å²) in [6.45, 7) is 10.8. The van der Waals surface area contributed by atoms with Crippen LogP contribution in [0.4, 0.5) is 0 Å². The highest BCUT2D eigenvalue weighted by Gasteiger charge is 2.55. The van der Waals surface area contributed by atoms with Crippen LogP contribution in [0.5, 0.6) is 0 Å². The normalized spacial score (nSPS) is 49.9. The van der Waals surface area contributed by atoms with Crippen molar-refractivity contribution < 1.29 is 0 Å². The zero-order valence-electron chi connectivity index (χ0n) is 10.8. The minimum Gasteiger partial charge on any atom is -0.319 e. The van der Waals surface area contributed by atoms with Gasteiger partial charge in [0.05, 0.1) is 10.4 Å². The molecule has 0 saturated carbocycles. The van der Waals surface area contributed by atoms with Crippen LogP contribution in [0.25, 0.3) is 0 Å². The van der Waals surface area contributed by atoms with Gasteiger partial charge in [0.1, 0.15) is 0 Å². The van der Waals surface area contributed by atoms with Crippen molar-refractivity contribution in [2.45, 2.75) is 38.0 Å². The van der Waals surface area contributed by atoms with Crippen molar-refractivity contribution in [3.05, 3.63) is 0 Å². The van der Waals surface area contributed by atoms with E-state index in [1.165, 1.54) is 16.8 Å². The molecule has 1 aliphatic rings. The van der Waals surface area contributed by atoms with Crippen LogP contribution in [0.15, 0.2) is 0 Å². The molecule has 14 heavy (non-hydrogen) atoms. The first-order valence-corrected chi connectivity index (χ1v) is 8.44. The molecule has 0 aliphatic carbocycles. The fraction of sp³-hybridized carbons (Fsp3) is 1.00. The monoisotopic (exact) mass is 246 g/mol. The molecule has 1 aliphatic heterocycles. The fourth-order valence-electron chi connectivity index (χ4n) is 2.57. The second kappa shape index (κ2) is 3.28. The summed E-state index contributed by atoms with van der Waals surface area (Å²) < 4.78 is 2.53. The Balaban J connectivity index is 3.17. The third-order valence-electron chi connectivity index (χ3n) is 5.45. The van der Waals surface area contributed by atoms with Crippen LogP contribution in [0.3, 0.4) is 0 Å². The Kier molecular flexibility index (Phi) is 2.96. The number of rotatable bonds is 0. The van der Waals surface area contributed by atoms with E-state index < -0.39 is 0 Å². The summed E-state index contributed by atoms with van der Waals surface area (Å²) in [7, 11) is 3.39. The third-order valence-corrected chi connectivity index (χ3v) is 13.0. The van der Waals surface area contributed by atoms with Gasteiger partial charge in [-0.15, -0.1) is 0 Å². The Bertz CT molecular complexity index is 216. The Morgan fingerprint density at radius 3 is 2.14 bits per heavy atom. The van der Waals surface area contributed by atoms with Crippen molar-refractivity contribution in [1.29, 1.82) is 0 Å². The van der Waals surface area contributed by atoms with Gasteiger partial charge in [-0.1, -0.05) is 27.7 Å². The van der Waals surface area contributed by atoms with Gasteiger partial charge in [0.25, 0.3) is 0 Å². The van der Waals surface area contributed by atoms with Gasteiger partial charge in [0.15, 0.2) is 0 Å². The minimum absolute atomic E-state index is 0.0431. The lowest BCUT2D eigenvalue weighted by molar-refractivity contribution is 0.00446. The molecule has 0 aromatic heterocycles. The number of hydrogen-bond donors (Lipinski definition) is 1. The van der Waals surface area contributed by atoms with E-state index in [4.69, 9.17) is 5.73 Å². The quantitative estimate of drug-likeness (QED) is 0.490. The Morgan fingerprint density at radius 1 is 1.29 bits per heavy atom. The summed E-state index contributed by atoms with van der Waals surface area (Å²) in [5.41, 5.74) is 6.99. The molecule has 0 spiro atoms. The van der Waals surface area contributed by atoms with Crippen molar-refractivity contribution in [3.63, 3.8) is 0 Å². The predicted molar refractivity (Wildman–Crippen MR) is 74.8 cm³/mol. The molecule has 84 valence electrons. The van der Waals surface area contributed by atoms with Gasteiger partial charge >= 0.3 is 0 Å². The molecule has 2 nitrogen and oxygen atoms in total. The van der Waals surface area contributed by atoms with Crippen molar-refractivity contribution >= 4 is 30.9 Å². The number of piperidine rings is 1. The van der Waals surface area contributed by atoms with Gasteiger partial charge in [-0.05, 0) is 22.9 Å². The number of hydrogen-bond acceptors (Lipinski definition) is 2. The molecule has 1 saturated heterocycles. The molecule has 1 fully saturated rings. The van der Waals surface area contributed by atoms with Gasteiger partial charge in [-0.2, -0.15) is 0 Å². The molecular weight excluding hydrogens is 220 g/mol. The number of nitrogens with two attached hydrogens (primary N) is 1. The Hall–Kier alpha value is 0.571. The SMILES string of the molecule is CC1CN([SiH3])C(N)([SiH3])C(C)([SiH3])C1(C)C. The average molecular weight is 247 g/mol. The maximum atomic E-state index is 6.59. The molecular formula is C9H26N2Si3. The van der Waals surface area contributed by atoms with Crippen molar-refractivity contribution in [2.75, 3.05) is 6.54 Å². The average Bonchev–Trinajstić information content (AvgIpc) is 2.01. The van der Waals surface area contributed by atoms with Gasteiger partial charge in [0.2, 0.25) is 0 Å². The van der Waals surface area contributed by atoms with E-state index in [1.54, 1.807) is 0 Å². The summed E-state index contributed by atoms with van der Waals surface area (Å²) in [6, 6.07) is 0. The van der Waals surface area contributed by atoms with E-state index >= 15 is 0 Å². The van der Waals surface area contributed by atoms with Crippen LogP contribution in [-0.2, 0) is 0 Å². The first kappa shape index (κ1) is 12.6. The van der Waals surface area contributed by atoms with Gasteiger partial charge < -0.3 is 10.3 Å². The maximum absolute atomic E-state index is 6.59. The zero-order chi connectivity index (χ0) is 11.4. The molecule has 0 radical (unpaired) electrons. The molecule has 1 rings (SSSR count). The third kappa shape index (κ3) is 1.41. The van der Waals surface area contributed by atoms with Gasteiger partial charge in [0, 0.05) is 25.8 Å². The standard InChI is InChI=1S/C9H26N2Si3/c1-6-5-11(14)9(10,13)8(4,12)7(6,2)3/h6H,5,10H2,1-4,12-14H3. The minimum atomic E-state index is 0.0431. The largest absolute Gasteiger partial charge is 0.319 e. The molecule has 0 amide bonds. The predicted octanol–water partition coefficient (Wildman–Crippen LogP) is -2.23. The molecule has 2 N–H and O–H groups in total. The molecule has 3 atom stereocenters. The van der Waals surface area contributed by atoms with E-state index in [-0.39, 0.29) is 5.29 Å². The summed E-state index contributed by atoms with van der Waals surface area (Å²) in [6.07, 6.45) is 0. The summed E-state index contributed by atoms with van der Waals surface area (Å²) in [5, 5.41) is 0.396. The van der Waals surface area contributed by atoms with Crippen LogP contribution >= 0.6 is 0 Å². The second-order valence-corrected chi connectivity index (χ2v) is 10.9. The highest BCUT2D eigenvalue weighted by Crippen LogP contribution is 2.56. The Labute approximate surface area is 97.3 Å². The molecule has 0 bridgehead atoms. The zero-order valence-corrected chi connectivity index (χ0v) is 16.8. The lowest BCUT2D eigenvalue weighted by Gasteiger charge is -2.63. The number of nitrogens with zero attached hydrogens (tertiary/aromatic N) is 1. The van der Waals surface area contributed by atoms with E-state index in [0.717, 1.165) is 26.6 Å². The first-order chi connectivity index (χ1) is 6.05. The summed E-state index contributed by atoms with van der Waals surface area (Å²) >= 11 is 0. The molecule has 3 unspecified atom stereocenters. The second-order valence-electron chi connectivity index (χ2n) is 6.28. The Morgan fingerprint density at radius 2 is 1.71 bits per heavy atom. The van der Waals surface area contributed by atoms with Crippen molar-refractivity contribution in [2.24, 2.45) is 17.1 Å². The molecule has 5 heteroatoms. The molecule has 1 heterocycles. The molecule has 0 aromatic rings. The van der Waals surface area contributed by atoms with Gasteiger partial charge in [-0.3, -0.25) is 0 Å². The van der Waals surface area contributed by atoms with Crippen molar-refractivity contribution in [3.8, 4) is 0 Å². The van der Waals surface area contributed by atoms with E-state index in [9.17, 15) is 0 Å². The molecule has 0 aromatic carbocycles. The fourth-order valence-corrected chi connectivity index (χ4v) is 5.83.